The summed E-state index contributed by atoms with van der Waals surface area (Å²) >= 11 is 6.17. The molecule has 0 bridgehead atoms. The lowest BCUT2D eigenvalue weighted by atomic mass is 9.86. The van der Waals surface area contributed by atoms with Crippen LogP contribution in [0.3, 0.4) is 0 Å². The smallest absolute Gasteiger partial charge is 0.321 e. The van der Waals surface area contributed by atoms with E-state index in [4.69, 9.17) is 11.6 Å². The molecule has 2 fully saturated rings. The third-order valence-corrected chi connectivity index (χ3v) is 6.11. The number of likely N-dealkylation sites (tertiary alicyclic amines) is 2. The van der Waals surface area contributed by atoms with Crippen LogP contribution in [0.15, 0.2) is 54.6 Å². The summed E-state index contributed by atoms with van der Waals surface area (Å²) in [7, 11) is 0. The molecule has 1 N–H and O–H groups in total. The summed E-state index contributed by atoms with van der Waals surface area (Å²) in [5, 5.41) is 3.83. The van der Waals surface area contributed by atoms with Gasteiger partial charge in [-0.1, -0.05) is 41.9 Å². The van der Waals surface area contributed by atoms with Crippen LogP contribution in [0.2, 0.25) is 5.02 Å². The molecule has 0 radical (unpaired) electrons. The molecule has 27 heavy (non-hydrogen) atoms. The van der Waals surface area contributed by atoms with E-state index in [0.717, 1.165) is 56.2 Å². The van der Waals surface area contributed by atoms with E-state index in [1.807, 2.05) is 47.4 Å². The molecule has 2 amide bonds. The number of halogens is 1. The Kier molecular flexibility index (Phi) is 5.37. The average molecular weight is 384 g/mol. The monoisotopic (exact) mass is 383 g/mol. The molecule has 4 rings (SSSR count). The lowest BCUT2D eigenvalue weighted by Gasteiger charge is -2.46. The number of amides is 2. The summed E-state index contributed by atoms with van der Waals surface area (Å²) in [4.78, 5) is 17.4. The molecule has 2 heterocycles. The minimum Gasteiger partial charge on any atom is -0.323 e. The second-order valence-electron chi connectivity index (χ2n) is 7.70. The Hall–Kier alpha value is -2.04. The normalized spacial score (nSPS) is 22.9. The van der Waals surface area contributed by atoms with Crippen LogP contribution in [-0.4, -0.2) is 41.0 Å². The molecule has 0 saturated carbocycles. The SMILES string of the molecule is O=C(Nc1ccccc1)N1CCC[C@@]2(CCCN2Cc2cccc(Cl)c2)C1. The second-order valence-corrected chi connectivity index (χ2v) is 8.14. The Balaban J connectivity index is 1.46. The first kappa shape index (κ1) is 18.3. The van der Waals surface area contributed by atoms with Gasteiger partial charge in [-0.3, -0.25) is 4.90 Å². The van der Waals surface area contributed by atoms with Gasteiger partial charge in [-0.25, -0.2) is 4.79 Å². The summed E-state index contributed by atoms with van der Waals surface area (Å²) < 4.78 is 0. The first-order valence-corrected chi connectivity index (χ1v) is 10.1. The predicted molar refractivity (Wildman–Crippen MR) is 110 cm³/mol. The summed E-state index contributed by atoms with van der Waals surface area (Å²) in [6, 6.07) is 17.8. The molecule has 142 valence electrons. The molecule has 2 saturated heterocycles. The third-order valence-electron chi connectivity index (χ3n) is 5.87. The third kappa shape index (κ3) is 4.12. The molecule has 0 aromatic heterocycles. The largest absolute Gasteiger partial charge is 0.323 e. The number of benzene rings is 2. The highest BCUT2D eigenvalue weighted by atomic mass is 35.5. The maximum atomic E-state index is 12.8. The van der Waals surface area contributed by atoms with Crippen molar-refractivity contribution < 1.29 is 4.79 Å². The first-order valence-electron chi connectivity index (χ1n) is 9.75. The Morgan fingerprint density at radius 1 is 1.04 bits per heavy atom. The van der Waals surface area contributed by atoms with Crippen molar-refractivity contribution >= 4 is 23.3 Å². The van der Waals surface area contributed by atoms with E-state index in [1.165, 1.54) is 12.0 Å². The van der Waals surface area contributed by atoms with Crippen LogP contribution < -0.4 is 5.32 Å². The van der Waals surface area contributed by atoms with Gasteiger partial charge in [0.2, 0.25) is 0 Å². The van der Waals surface area contributed by atoms with Crippen molar-refractivity contribution in [2.45, 2.75) is 37.8 Å². The lowest BCUT2D eigenvalue weighted by molar-refractivity contribution is 0.0534. The van der Waals surface area contributed by atoms with E-state index in [9.17, 15) is 4.79 Å². The number of nitrogens with one attached hydrogen (secondary N) is 1. The van der Waals surface area contributed by atoms with Crippen molar-refractivity contribution in [1.82, 2.24) is 9.80 Å². The van der Waals surface area contributed by atoms with E-state index in [1.54, 1.807) is 0 Å². The molecule has 4 nitrogen and oxygen atoms in total. The first-order chi connectivity index (χ1) is 13.1. The van der Waals surface area contributed by atoms with Gasteiger partial charge >= 0.3 is 6.03 Å². The highest BCUT2D eigenvalue weighted by Crippen LogP contribution is 2.38. The van der Waals surface area contributed by atoms with Gasteiger partial charge in [-0.2, -0.15) is 0 Å². The van der Waals surface area contributed by atoms with Crippen LogP contribution in [0, 0.1) is 0 Å². The van der Waals surface area contributed by atoms with E-state index < -0.39 is 0 Å². The molecule has 0 unspecified atom stereocenters. The molecule has 2 aromatic carbocycles. The number of carbonyl (C=O) groups excluding carboxylic acids is 1. The molecule has 1 spiro atoms. The Morgan fingerprint density at radius 2 is 1.81 bits per heavy atom. The van der Waals surface area contributed by atoms with Crippen LogP contribution in [0.25, 0.3) is 0 Å². The van der Waals surface area contributed by atoms with Crippen molar-refractivity contribution in [3.05, 3.63) is 65.2 Å². The van der Waals surface area contributed by atoms with E-state index >= 15 is 0 Å². The molecule has 0 aliphatic carbocycles. The Bertz CT molecular complexity index is 797. The molecule has 2 aliphatic heterocycles. The van der Waals surface area contributed by atoms with Gasteiger partial charge in [0.1, 0.15) is 0 Å². The molecular formula is C22H26ClN3O. The fraction of sp³-hybridized carbons (Fsp3) is 0.409. The standard InChI is InChI=1S/C22H26ClN3O/c23-19-8-4-7-18(15-19)16-26-14-6-12-22(26)11-5-13-25(17-22)21(27)24-20-9-2-1-3-10-20/h1-4,7-10,15H,5-6,11-14,16-17H2,(H,24,27)/t22-/m1/s1. The number of urea groups is 1. The minimum atomic E-state index is 0.00915. The number of carbonyl (C=O) groups is 1. The van der Waals surface area contributed by atoms with Crippen molar-refractivity contribution in [2.24, 2.45) is 0 Å². The number of nitrogens with zero attached hydrogens (tertiary/aromatic N) is 2. The van der Waals surface area contributed by atoms with Gasteiger partial charge in [0.25, 0.3) is 0 Å². The summed E-state index contributed by atoms with van der Waals surface area (Å²) in [6.07, 6.45) is 4.55. The number of piperidine rings is 1. The summed E-state index contributed by atoms with van der Waals surface area (Å²) in [5.74, 6) is 0. The maximum absolute atomic E-state index is 12.8. The summed E-state index contributed by atoms with van der Waals surface area (Å²) in [5.41, 5.74) is 2.19. The van der Waals surface area contributed by atoms with Gasteiger partial charge < -0.3 is 10.2 Å². The zero-order valence-electron chi connectivity index (χ0n) is 15.5. The highest BCUT2D eigenvalue weighted by Gasteiger charge is 2.44. The average Bonchev–Trinajstić information content (AvgIpc) is 3.04. The van der Waals surface area contributed by atoms with Crippen LogP contribution >= 0.6 is 11.6 Å². The number of hydrogen-bond donors (Lipinski definition) is 1. The van der Waals surface area contributed by atoms with Gasteiger partial charge in [0, 0.05) is 35.9 Å². The molecule has 2 aromatic rings. The lowest BCUT2D eigenvalue weighted by Crippen LogP contribution is -2.57. The quantitative estimate of drug-likeness (QED) is 0.809. The van der Waals surface area contributed by atoms with E-state index in [-0.39, 0.29) is 11.6 Å². The highest BCUT2D eigenvalue weighted by molar-refractivity contribution is 6.30. The number of para-hydroxylation sites is 1. The van der Waals surface area contributed by atoms with Crippen LogP contribution in [0.5, 0.6) is 0 Å². The zero-order valence-corrected chi connectivity index (χ0v) is 16.3. The fourth-order valence-corrected chi connectivity index (χ4v) is 4.78. The van der Waals surface area contributed by atoms with Gasteiger partial charge in [-0.15, -0.1) is 0 Å². The zero-order chi connectivity index (χ0) is 18.7. The van der Waals surface area contributed by atoms with Crippen molar-refractivity contribution in [1.29, 1.82) is 0 Å². The van der Waals surface area contributed by atoms with Gasteiger partial charge in [0.05, 0.1) is 0 Å². The number of hydrogen-bond acceptors (Lipinski definition) is 2. The van der Waals surface area contributed by atoms with Crippen LogP contribution in [0.4, 0.5) is 10.5 Å². The Morgan fingerprint density at radius 3 is 2.59 bits per heavy atom. The fourth-order valence-electron chi connectivity index (χ4n) is 4.57. The van der Waals surface area contributed by atoms with Gasteiger partial charge in [0.15, 0.2) is 0 Å². The second kappa shape index (κ2) is 7.91. The van der Waals surface area contributed by atoms with E-state index in [2.05, 4.69) is 22.3 Å². The minimum absolute atomic E-state index is 0.00915. The molecular weight excluding hydrogens is 358 g/mol. The van der Waals surface area contributed by atoms with Crippen molar-refractivity contribution in [3.8, 4) is 0 Å². The topological polar surface area (TPSA) is 35.6 Å². The predicted octanol–water partition coefficient (Wildman–Crippen LogP) is 5.00. The van der Waals surface area contributed by atoms with Crippen LogP contribution in [0.1, 0.15) is 31.2 Å². The van der Waals surface area contributed by atoms with Gasteiger partial charge in [-0.05, 0) is 62.1 Å². The summed E-state index contributed by atoms with van der Waals surface area (Å²) in [6.45, 7) is 3.60. The van der Waals surface area contributed by atoms with E-state index in [0.29, 0.717) is 0 Å². The number of rotatable bonds is 3. The molecule has 5 heteroatoms. The molecule has 2 aliphatic rings. The number of anilines is 1. The van der Waals surface area contributed by atoms with Crippen LogP contribution in [-0.2, 0) is 6.54 Å². The Labute approximate surface area is 166 Å². The molecule has 1 atom stereocenters. The maximum Gasteiger partial charge on any atom is 0.321 e. The van der Waals surface area contributed by atoms with Crippen molar-refractivity contribution in [3.63, 3.8) is 0 Å². The van der Waals surface area contributed by atoms with Crippen molar-refractivity contribution in [2.75, 3.05) is 25.0 Å².